The highest BCUT2D eigenvalue weighted by Gasteiger charge is 2.20. The maximum Gasteiger partial charge on any atom is 0.341 e. The maximum atomic E-state index is 11.2. The number of aryl methyl sites for hydroxylation is 2. The van der Waals surface area contributed by atoms with E-state index in [1.807, 2.05) is 0 Å². The summed E-state index contributed by atoms with van der Waals surface area (Å²) in [5.74, 6) is 1.63. The molecule has 0 aliphatic rings. The smallest absolute Gasteiger partial charge is 0.341 e. The van der Waals surface area contributed by atoms with Crippen molar-refractivity contribution in [2.75, 3.05) is 6.61 Å². The molecule has 0 atom stereocenters. The molecular formula is C13H13N3O3. The van der Waals surface area contributed by atoms with Crippen molar-refractivity contribution >= 4 is 17.0 Å². The van der Waals surface area contributed by atoms with E-state index in [9.17, 15) is 9.90 Å². The van der Waals surface area contributed by atoms with Gasteiger partial charge in [-0.3, -0.25) is 4.68 Å². The average Bonchev–Trinajstić information content (AvgIpc) is 2.65. The Morgan fingerprint density at radius 3 is 3.00 bits per heavy atom. The Kier molecular flexibility index (Phi) is 3.38. The minimum Gasteiger partial charge on any atom is -0.491 e. The van der Waals surface area contributed by atoms with Crippen molar-refractivity contribution in [1.29, 1.82) is 0 Å². The Balaban J connectivity index is 2.62. The van der Waals surface area contributed by atoms with E-state index in [0.29, 0.717) is 23.1 Å². The topological polar surface area (TPSA) is 77.2 Å². The number of aromatic nitrogens is 3. The first-order valence-electron chi connectivity index (χ1n) is 5.68. The summed E-state index contributed by atoms with van der Waals surface area (Å²) in [6.45, 7) is 2.04. The van der Waals surface area contributed by atoms with Crippen LogP contribution >= 0.6 is 0 Å². The second-order valence-electron chi connectivity index (χ2n) is 4.02. The summed E-state index contributed by atoms with van der Waals surface area (Å²) in [5, 5.41) is 14.0. The summed E-state index contributed by atoms with van der Waals surface area (Å²) in [6, 6.07) is 0. The van der Waals surface area contributed by atoms with Crippen molar-refractivity contribution < 1.29 is 14.6 Å². The second kappa shape index (κ2) is 4.98. The fraction of sp³-hybridized carbons (Fsp3) is 0.308. The molecule has 2 heterocycles. The molecule has 0 radical (unpaired) electrons. The molecule has 0 saturated heterocycles. The number of aromatic carboxylic acids is 1. The fourth-order valence-corrected chi connectivity index (χ4v) is 1.89. The highest BCUT2D eigenvalue weighted by molar-refractivity contribution is 5.98. The van der Waals surface area contributed by atoms with Crippen LogP contribution in [0.15, 0.2) is 6.20 Å². The van der Waals surface area contributed by atoms with E-state index < -0.39 is 5.97 Å². The van der Waals surface area contributed by atoms with Gasteiger partial charge in [0.25, 0.3) is 0 Å². The van der Waals surface area contributed by atoms with Gasteiger partial charge in [-0.1, -0.05) is 0 Å². The molecule has 2 aromatic heterocycles. The number of nitrogens with zero attached hydrogens (tertiary/aromatic N) is 3. The number of carboxylic acids is 1. The molecule has 0 bridgehead atoms. The van der Waals surface area contributed by atoms with Crippen LogP contribution in [-0.4, -0.2) is 32.4 Å². The lowest BCUT2D eigenvalue weighted by Crippen LogP contribution is -2.06. The number of pyridine rings is 1. The van der Waals surface area contributed by atoms with Gasteiger partial charge in [-0.15, -0.1) is 12.3 Å². The number of hydrogen-bond donors (Lipinski definition) is 1. The quantitative estimate of drug-likeness (QED) is 0.663. The Hall–Kier alpha value is -2.55. The number of fused-ring (bicyclic) bond motifs is 1. The average molecular weight is 259 g/mol. The molecule has 0 saturated carbocycles. The molecule has 0 aromatic carbocycles. The van der Waals surface area contributed by atoms with E-state index in [-0.39, 0.29) is 17.9 Å². The van der Waals surface area contributed by atoms with Crippen molar-refractivity contribution in [2.24, 2.45) is 7.05 Å². The predicted molar refractivity (Wildman–Crippen MR) is 69.2 cm³/mol. The van der Waals surface area contributed by atoms with Gasteiger partial charge in [0.2, 0.25) is 0 Å². The van der Waals surface area contributed by atoms with Crippen LogP contribution in [0.2, 0.25) is 0 Å². The highest BCUT2D eigenvalue weighted by atomic mass is 16.5. The number of carboxylic acid groups (broad SMARTS) is 1. The lowest BCUT2D eigenvalue weighted by Gasteiger charge is -2.09. The monoisotopic (exact) mass is 259 g/mol. The van der Waals surface area contributed by atoms with Gasteiger partial charge in [-0.2, -0.15) is 5.10 Å². The van der Waals surface area contributed by atoms with Gasteiger partial charge in [0.15, 0.2) is 5.65 Å². The van der Waals surface area contributed by atoms with Gasteiger partial charge >= 0.3 is 5.97 Å². The lowest BCUT2D eigenvalue weighted by atomic mass is 10.1. The second-order valence-corrected chi connectivity index (χ2v) is 4.02. The summed E-state index contributed by atoms with van der Waals surface area (Å²) < 4.78 is 7.12. The van der Waals surface area contributed by atoms with Gasteiger partial charge in [0.1, 0.15) is 11.3 Å². The van der Waals surface area contributed by atoms with Crippen molar-refractivity contribution in [3.63, 3.8) is 0 Å². The molecule has 0 unspecified atom stereocenters. The molecule has 0 aliphatic heterocycles. The third-order valence-corrected chi connectivity index (χ3v) is 2.70. The highest BCUT2D eigenvalue weighted by Crippen LogP contribution is 2.30. The van der Waals surface area contributed by atoms with Crippen LogP contribution in [0.4, 0.5) is 0 Å². The first-order valence-corrected chi connectivity index (χ1v) is 5.68. The van der Waals surface area contributed by atoms with Gasteiger partial charge in [-0.05, 0) is 6.92 Å². The molecule has 0 spiro atoms. The lowest BCUT2D eigenvalue weighted by molar-refractivity contribution is 0.0692. The fourth-order valence-electron chi connectivity index (χ4n) is 1.89. The zero-order chi connectivity index (χ0) is 14.0. The summed E-state index contributed by atoms with van der Waals surface area (Å²) >= 11 is 0. The summed E-state index contributed by atoms with van der Waals surface area (Å²) in [5.41, 5.74) is 1.27. The van der Waals surface area contributed by atoms with Crippen LogP contribution in [0.3, 0.4) is 0 Å². The summed E-state index contributed by atoms with van der Waals surface area (Å²) in [4.78, 5) is 15.3. The summed E-state index contributed by atoms with van der Waals surface area (Å²) in [7, 11) is 1.74. The van der Waals surface area contributed by atoms with Crippen LogP contribution in [0.5, 0.6) is 5.75 Å². The van der Waals surface area contributed by atoms with E-state index in [1.165, 1.54) is 6.20 Å². The first-order chi connectivity index (χ1) is 9.06. The van der Waals surface area contributed by atoms with Gasteiger partial charge in [0.05, 0.1) is 17.7 Å². The molecule has 6 heteroatoms. The van der Waals surface area contributed by atoms with Crippen LogP contribution in [-0.2, 0) is 7.05 Å². The van der Waals surface area contributed by atoms with Crippen molar-refractivity contribution in [1.82, 2.24) is 14.8 Å². The van der Waals surface area contributed by atoms with Crippen LogP contribution in [0.1, 0.15) is 22.5 Å². The number of rotatable bonds is 4. The van der Waals surface area contributed by atoms with E-state index >= 15 is 0 Å². The predicted octanol–water partition coefficient (Wildman–Crippen LogP) is 1.38. The largest absolute Gasteiger partial charge is 0.491 e. The van der Waals surface area contributed by atoms with Gasteiger partial charge in [-0.25, -0.2) is 9.78 Å². The molecule has 19 heavy (non-hydrogen) atoms. The van der Waals surface area contributed by atoms with E-state index in [0.717, 1.165) is 0 Å². The molecule has 1 N–H and O–H groups in total. The molecular weight excluding hydrogens is 246 g/mol. The third-order valence-electron chi connectivity index (χ3n) is 2.70. The molecule has 6 nitrogen and oxygen atoms in total. The summed E-state index contributed by atoms with van der Waals surface area (Å²) in [6.07, 6.45) is 6.84. The van der Waals surface area contributed by atoms with Gasteiger partial charge in [0, 0.05) is 19.7 Å². The maximum absolute atomic E-state index is 11.2. The van der Waals surface area contributed by atoms with Crippen molar-refractivity contribution in [3.8, 4) is 18.1 Å². The standard InChI is InChI=1S/C13H13N3O3/c1-4-5-6-19-11-9(13(17)18)7-14-12-10(11)8(2)15-16(12)3/h1,7H,5-6H2,2-3H3,(H,17,18). The van der Waals surface area contributed by atoms with Gasteiger partial charge < -0.3 is 9.84 Å². The third kappa shape index (κ3) is 2.22. The molecule has 98 valence electrons. The van der Waals surface area contributed by atoms with E-state index in [4.69, 9.17) is 11.2 Å². The molecule has 0 amide bonds. The Morgan fingerprint density at radius 1 is 1.63 bits per heavy atom. The number of carbonyl (C=O) groups is 1. The van der Waals surface area contributed by atoms with E-state index in [1.54, 1.807) is 18.7 Å². The molecule has 2 rings (SSSR count). The van der Waals surface area contributed by atoms with Crippen LogP contribution < -0.4 is 4.74 Å². The Bertz CT molecular complexity index is 682. The molecule has 0 aliphatic carbocycles. The minimum absolute atomic E-state index is 0.0145. The number of hydrogen-bond acceptors (Lipinski definition) is 4. The number of ether oxygens (including phenoxy) is 1. The molecule has 0 fully saturated rings. The van der Waals surface area contributed by atoms with Crippen molar-refractivity contribution in [2.45, 2.75) is 13.3 Å². The zero-order valence-electron chi connectivity index (χ0n) is 10.7. The zero-order valence-corrected chi connectivity index (χ0v) is 10.7. The SMILES string of the molecule is C#CCCOc1c(C(=O)O)cnc2c1c(C)nn2C. The minimum atomic E-state index is -1.09. The van der Waals surface area contributed by atoms with Crippen molar-refractivity contribution in [3.05, 3.63) is 17.5 Å². The number of terminal acetylenes is 1. The normalized spacial score (nSPS) is 10.4. The molecule has 2 aromatic rings. The van der Waals surface area contributed by atoms with Crippen LogP contribution in [0.25, 0.3) is 11.0 Å². The van der Waals surface area contributed by atoms with Crippen LogP contribution in [0, 0.1) is 19.3 Å². The Labute approximate surface area is 110 Å². The Morgan fingerprint density at radius 2 is 2.37 bits per heavy atom. The first kappa shape index (κ1) is 12.9. The van der Waals surface area contributed by atoms with E-state index in [2.05, 4.69) is 16.0 Å².